The van der Waals surface area contributed by atoms with Crippen molar-refractivity contribution in [2.24, 2.45) is 0 Å². The van der Waals surface area contributed by atoms with E-state index in [1.807, 2.05) is 43.3 Å². The van der Waals surface area contributed by atoms with Crippen molar-refractivity contribution >= 4 is 11.6 Å². The van der Waals surface area contributed by atoms with Crippen LogP contribution in [-0.2, 0) is 11.3 Å². The number of benzene rings is 2. The van der Waals surface area contributed by atoms with Gasteiger partial charge in [-0.3, -0.25) is 4.79 Å². The molecule has 0 radical (unpaired) electrons. The van der Waals surface area contributed by atoms with Gasteiger partial charge in [-0.15, -0.1) is 0 Å². The Morgan fingerprint density at radius 3 is 2.61 bits per heavy atom. The number of carbonyl (C=O) groups excluding carboxylic acids is 1. The van der Waals surface area contributed by atoms with Crippen LogP contribution in [0.3, 0.4) is 0 Å². The normalized spacial score (nSPS) is 11.8. The Labute approximate surface area is 138 Å². The molecule has 23 heavy (non-hydrogen) atoms. The lowest BCUT2D eigenvalue weighted by atomic mass is 10.2. The highest BCUT2D eigenvalue weighted by Crippen LogP contribution is 2.25. The van der Waals surface area contributed by atoms with Gasteiger partial charge >= 0.3 is 0 Å². The number of hydrogen-bond donors (Lipinski definition) is 2. The minimum atomic E-state index is 0.0151. The standard InChI is InChI=1S/C19H24N2O2/c1-15-9-10-18(23-3)17(13-15)20-19(22)11-12-21(2)14-16-7-5-4-6-8-16/h4-10,13H,11-12,14H2,1-3H3,(H,20,22)/p+1. The summed E-state index contributed by atoms with van der Waals surface area (Å²) in [5.41, 5.74) is 3.11. The van der Waals surface area contributed by atoms with Gasteiger partial charge in [-0.05, 0) is 24.6 Å². The predicted octanol–water partition coefficient (Wildman–Crippen LogP) is 2.05. The van der Waals surface area contributed by atoms with E-state index in [4.69, 9.17) is 4.74 Å². The molecule has 0 spiro atoms. The van der Waals surface area contributed by atoms with Crippen molar-refractivity contribution < 1.29 is 14.4 Å². The number of hydrogen-bond acceptors (Lipinski definition) is 2. The number of nitrogens with one attached hydrogen (secondary N) is 2. The van der Waals surface area contributed by atoms with Crippen LogP contribution in [0.25, 0.3) is 0 Å². The monoisotopic (exact) mass is 313 g/mol. The molecule has 1 unspecified atom stereocenters. The van der Waals surface area contributed by atoms with Gasteiger partial charge in [0.05, 0.1) is 32.8 Å². The van der Waals surface area contributed by atoms with Gasteiger partial charge in [0.2, 0.25) is 5.91 Å². The molecule has 122 valence electrons. The van der Waals surface area contributed by atoms with Gasteiger partial charge < -0.3 is 15.0 Å². The largest absolute Gasteiger partial charge is 0.495 e. The first-order valence-electron chi connectivity index (χ1n) is 7.88. The van der Waals surface area contributed by atoms with Crippen LogP contribution in [0.4, 0.5) is 5.69 Å². The molecule has 0 saturated carbocycles. The topological polar surface area (TPSA) is 42.8 Å². The summed E-state index contributed by atoms with van der Waals surface area (Å²) in [7, 11) is 3.71. The highest BCUT2D eigenvalue weighted by molar-refractivity contribution is 5.92. The fraction of sp³-hybridized carbons (Fsp3) is 0.316. The summed E-state index contributed by atoms with van der Waals surface area (Å²) in [6.45, 7) is 3.70. The molecule has 1 atom stereocenters. The van der Waals surface area contributed by atoms with E-state index in [2.05, 4.69) is 24.5 Å². The highest BCUT2D eigenvalue weighted by atomic mass is 16.5. The molecule has 0 fully saturated rings. The smallest absolute Gasteiger partial charge is 0.230 e. The Bertz CT molecular complexity index is 641. The molecular weight excluding hydrogens is 288 g/mol. The lowest BCUT2D eigenvalue weighted by Gasteiger charge is -2.15. The molecule has 4 nitrogen and oxygen atoms in total. The molecule has 2 rings (SSSR count). The third kappa shape index (κ3) is 5.42. The van der Waals surface area contributed by atoms with Crippen LogP contribution in [-0.4, -0.2) is 26.6 Å². The number of ether oxygens (including phenoxy) is 1. The zero-order valence-electron chi connectivity index (χ0n) is 14.1. The van der Waals surface area contributed by atoms with Crippen LogP contribution in [0.1, 0.15) is 17.5 Å². The zero-order chi connectivity index (χ0) is 16.7. The predicted molar refractivity (Wildman–Crippen MR) is 92.9 cm³/mol. The highest BCUT2D eigenvalue weighted by Gasteiger charge is 2.11. The van der Waals surface area contributed by atoms with E-state index in [9.17, 15) is 4.79 Å². The number of quaternary nitrogens is 1. The van der Waals surface area contributed by atoms with Crippen molar-refractivity contribution in [2.45, 2.75) is 19.9 Å². The zero-order valence-corrected chi connectivity index (χ0v) is 14.1. The number of methoxy groups -OCH3 is 1. The number of amides is 1. The SMILES string of the molecule is COc1ccc(C)cc1NC(=O)CC[NH+](C)Cc1ccccc1. The number of aryl methyl sites for hydroxylation is 1. The summed E-state index contributed by atoms with van der Waals surface area (Å²) in [4.78, 5) is 13.5. The molecule has 0 aliphatic rings. The Morgan fingerprint density at radius 2 is 1.91 bits per heavy atom. The van der Waals surface area contributed by atoms with Crippen LogP contribution in [0.5, 0.6) is 5.75 Å². The fourth-order valence-corrected chi connectivity index (χ4v) is 2.49. The quantitative estimate of drug-likeness (QED) is 0.821. The lowest BCUT2D eigenvalue weighted by molar-refractivity contribution is -0.893. The van der Waals surface area contributed by atoms with Crippen LogP contribution in [0.15, 0.2) is 48.5 Å². The van der Waals surface area contributed by atoms with Crippen molar-refractivity contribution in [3.8, 4) is 5.75 Å². The third-order valence-electron chi connectivity index (χ3n) is 3.76. The number of rotatable bonds is 7. The van der Waals surface area contributed by atoms with Gasteiger partial charge in [-0.25, -0.2) is 0 Å². The average molecular weight is 313 g/mol. The molecule has 2 N–H and O–H groups in total. The Kier molecular flexibility index (Phi) is 6.18. The molecule has 1 amide bonds. The van der Waals surface area contributed by atoms with Gasteiger partial charge in [0, 0.05) is 5.56 Å². The van der Waals surface area contributed by atoms with Crippen LogP contribution >= 0.6 is 0 Å². The Hall–Kier alpha value is -2.33. The average Bonchev–Trinajstić information content (AvgIpc) is 2.54. The second-order valence-electron chi connectivity index (χ2n) is 5.87. The maximum atomic E-state index is 12.2. The third-order valence-corrected chi connectivity index (χ3v) is 3.76. The van der Waals surface area contributed by atoms with Crippen LogP contribution < -0.4 is 15.0 Å². The van der Waals surface area contributed by atoms with Gasteiger partial charge in [-0.1, -0.05) is 36.4 Å². The lowest BCUT2D eigenvalue weighted by Crippen LogP contribution is -3.07. The van der Waals surface area contributed by atoms with Gasteiger partial charge in [0.25, 0.3) is 0 Å². The number of carbonyl (C=O) groups is 1. The first kappa shape index (κ1) is 17.0. The van der Waals surface area contributed by atoms with E-state index in [0.29, 0.717) is 12.2 Å². The number of anilines is 1. The molecule has 2 aromatic carbocycles. The molecule has 0 saturated heterocycles. The van der Waals surface area contributed by atoms with Gasteiger partial charge in [0.15, 0.2) is 0 Å². The van der Waals surface area contributed by atoms with Crippen molar-refractivity contribution in [1.82, 2.24) is 0 Å². The summed E-state index contributed by atoms with van der Waals surface area (Å²) in [6.07, 6.45) is 0.482. The van der Waals surface area contributed by atoms with Crippen molar-refractivity contribution in [3.05, 3.63) is 59.7 Å². The second kappa shape index (κ2) is 8.34. The molecule has 4 heteroatoms. The van der Waals surface area contributed by atoms with Crippen molar-refractivity contribution in [3.63, 3.8) is 0 Å². The molecule has 2 aromatic rings. The summed E-state index contributed by atoms with van der Waals surface area (Å²) in [5.74, 6) is 0.704. The van der Waals surface area contributed by atoms with E-state index in [0.717, 1.165) is 24.3 Å². The minimum absolute atomic E-state index is 0.0151. The first-order chi connectivity index (χ1) is 11.1. The van der Waals surface area contributed by atoms with Crippen molar-refractivity contribution in [1.29, 1.82) is 0 Å². The molecular formula is C19H25N2O2+. The van der Waals surface area contributed by atoms with E-state index >= 15 is 0 Å². The Morgan fingerprint density at radius 1 is 1.17 bits per heavy atom. The molecule has 0 aromatic heterocycles. The molecule has 0 heterocycles. The molecule has 0 aliphatic heterocycles. The Balaban J connectivity index is 1.84. The summed E-state index contributed by atoms with van der Waals surface area (Å²) >= 11 is 0. The van der Waals surface area contributed by atoms with E-state index < -0.39 is 0 Å². The summed E-state index contributed by atoms with van der Waals surface area (Å²) in [5, 5.41) is 2.94. The van der Waals surface area contributed by atoms with Crippen LogP contribution in [0.2, 0.25) is 0 Å². The van der Waals surface area contributed by atoms with Crippen molar-refractivity contribution in [2.75, 3.05) is 26.0 Å². The second-order valence-corrected chi connectivity index (χ2v) is 5.87. The van der Waals surface area contributed by atoms with Crippen LogP contribution in [0, 0.1) is 6.92 Å². The maximum Gasteiger partial charge on any atom is 0.230 e. The minimum Gasteiger partial charge on any atom is -0.495 e. The molecule has 0 aliphatic carbocycles. The van der Waals surface area contributed by atoms with E-state index in [1.165, 1.54) is 10.5 Å². The van der Waals surface area contributed by atoms with E-state index in [-0.39, 0.29) is 5.91 Å². The maximum absolute atomic E-state index is 12.2. The first-order valence-corrected chi connectivity index (χ1v) is 7.88. The fourth-order valence-electron chi connectivity index (χ4n) is 2.49. The van der Waals surface area contributed by atoms with Gasteiger partial charge in [0.1, 0.15) is 12.3 Å². The molecule has 0 bridgehead atoms. The van der Waals surface area contributed by atoms with Gasteiger partial charge in [-0.2, -0.15) is 0 Å². The summed E-state index contributed by atoms with van der Waals surface area (Å²) in [6, 6.07) is 16.1. The summed E-state index contributed by atoms with van der Waals surface area (Å²) < 4.78 is 5.29. The van der Waals surface area contributed by atoms with E-state index in [1.54, 1.807) is 7.11 Å².